The maximum absolute atomic E-state index is 2.36. The third-order valence-corrected chi connectivity index (χ3v) is 9.19. The molecule has 1 aromatic heterocycles. The van der Waals surface area contributed by atoms with Crippen LogP contribution in [0.15, 0.2) is 131 Å². The van der Waals surface area contributed by atoms with Gasteiger partial charge in [-0.05, 0) is 40.5 Å². The molecular formula is C31H20S2. The summed E-state index contributed by atoms with van der Waals surface area (Å²) in [6, 6.07) is 44.7. The van der Waals surface area contributed by atoms with Crippen molar-refractivity contribution in [2.75, 3.05) is 0 Å². The van der Waals surface area contributed by atoms with E-state index in [9.17, 15) is 0 Å². The van der Waals surface area contributed by atoms with Crippen molar-refractivity contribution in [3.8, 4) is 0 Å². The SMILES string of the molecule is c1ccc(C2(c3cccc4c3sc3ccccc34)c3ccccc3Sc3ccccc32)cc1. The minimum atomic E-state index is -0.375. The molecule has 0 radical (unpaired) electrons. The van der Waals surface area contributed by atoms with Crippen LogP contribution in [-0.4, -0.2) is 0 Å². The Morgan fingerprint density at radius 2 is 1.03 bits per heavy atom. The molecule has 2 heteroatoms. The Balaban J connectivity index is 1.71. The Kier molecular flexibility index (Phi) is 4.27. The summed E-state index contributed by atoms with van der Waals surface area (Å²) in [4.78, 5) is 2.66. The summed E-state index contributed by atoms with van der Waals surface area (Å²) < 4.78 is 2.72. The van der Waals surface area contributed by atoms with Crippen LogP contribution >= 0.6 is 23.1 Å². The van der Waals surface area contributed by atoms with E-state index in [0.717, 1.165) is 0 Å². The fourth-order valence-electron chi connectivity index (χ4n) is 5.48. The normalized spacial score (nSPS) is 14.2. The smallest absolute Gasteiger partial charge is 0.0737 e. The Bertz CT molecular complexity index is 1600. The molecule has 0 nitrogen and oxygen atoms in total. The highest BCUT2D eigenvalue weighted by Gasteiger charge is 2.45. The van der Waals surface area contributed by atoms with Crippen molar-refractivity contribution >= 4 is 43.3 Å². The third kappa shape index (κ3) is 2.65. The highest BCUT2D eigenvalue weighted by atomic mass is 32.2. The molecule has 0 amide bonds. The summed E-state index contributed by atoms with van der Waals surface area (Å²) in [5, 5.41) is 2.69. The number of benzene rings is 5. The van der Waals surface area contributed by atoms with E-state index in [1.807, 2.05) is 23.1 Å². The van der Waals surface area contributed by atoms with Gasteiger partial charge in [-0.3, -0.25) is 0 Å². The van der Waals surface area contributed by atoms with E-state index in [0.29, 0.717) is 0 Å². The minimum Gasteiger partial charge on any atom is -0.135 e. The van der Waals surface area contributed by atoms with E-state index in [2.05, 4.69) is 121 Å². The molecule has 0 atom stereocenters. The van der Waals surface area contributed by atoms with E-state index in [-0.39, 0.29) is 5.41 Å². The van der Waals surface area contributed by atoms with Gasteiger partial charge in [0.1, 0.15) is 0 Å². The first-order valence-corrected chi connectivity index (χ1v) is 12.8. The number of hydrogen-bond donors (Lipinski definition) is 0. The highest BCUT2D eigenvalue weighted by Crippen LogP contribution is 2.57. The van der Waals surface area contributed by atoms with Gasteiger partial charge in [-0.1, -0.05) is 115 Å². The van der Waals surface area contributed by atoms with Crippen LogP contribution in [0.25, 0.3) is 20.2 Å². The number of rotatable bonds is 2. The van der Waals surface area contributed by atoms with Gasteiger partial charge in [0.25, 0.3) is 0 Å². The Labute approximate surface area is 201 Å². The molecule has 156 valence electrons. The fraction of sp³-hybridized carbons (Fsp3) is 0.0323. The summed E-state index contributed by atoms with van der Waals surface area (Å²) in [6.07, 6.45) is 0. The van der Waals surface area contributed by atoms with Crippen molar-refractivity contribution in [1.82, 2.24) is 0 Å². The second kappa shape index (κ2) is 7.34. The molecule has 0 fully saturated rings. The molecule has 0 N–H and O–H groups in total. The third-order valence-electron chi connectivity index (χ3n) is 6.82. The van der Waals surface area contributed by atoms with Crippen LogP contribution in [0.3, 0.4) is 0 Å². The lowest BCUT2D eigenvalue weighted by Gasteiger charge is -2.42. The van der Waals surface area contributed by atoms with Gasteiger partial charge in [0.05, 0.1) is 5.41 Å². The van der Waals surface area contributed by atoms with E-state index < -0.39 is 0 Å². The maximum atomic E-state index is 2.36. The first-order chi connectivity index (χ1) is 16.4. The van der Waals surface area contributed by atoms with Gasteiger partial charge < -0.3 is 0 Å². The molecule has 2 heterocycles. The van der Waals surface area contributed by atoms with Crippen LogP contribution in [0.2, 0.25) is 0 Å². The number of thiophene rings is 1. The summed E-state index contributed by atoms with van der Waals surface area (Å²) in [5.74, 6) is 0. The molecule has 1 aliphatic heterocycles. The van der Waals surface area contributed by atoms with Gasteiger partial charge in [0.2, 0.25) is 0 Å². The molecule has 0 aliphatic carbocycles. The van der Waals surface area contributed by atoms with Crippen LogP contribution in [0.5, 0.6) is 0 Å². The van der Waals surface area contributed by atoms with Gasteiger partial charge in [0, 0.05) is 30.0 Å². The van der Waals surface area contributed by atoms with Crippen LogP contribution in [0, 0.1) is 0 Å². The number of fused-ring (bicyclic) bond motifs is 5. The fourth-order valence-corrected chi connectivity index (χ4v) is 7.95. The second-order valence-electron chi connectivity index (χ2n) is 8.49. The van der Waals surface area contributed by atoms with Crippen molar-refractivity contribution in [2.24, 2.45) is 0 Å². The lowest BCUT2D eigenvalue weighted by Crippen LogP contribution is -2.34. The van der Waals surface area contributed by atoms with Gasteiger partial charge >= 0.3 is 0 Å². The molecule has 5 aromatic carbocycles. The number of hydrogen-bond acceptors (Lipinski definition) is 2. The Morgan fingerprint density at radius 1 is 0.455 bits per heavy atom. The highest BCUT2D eigenvalue weighted by molar-refractivity contribution is 7.99. The molecule has 0 saturated heterocycles. The van der Waals surface area contributed by atoms with Crippen LogP contribution in [-0.2, 0) is 5.41 Å². The molecule has 1 aliphatic rings. The lowest BCUT2D eigenvalue weighted by molar-refractivity contribution is 0.710. The minimum absolute atomic E-state index is 0.375. The Morgan fingerprint density at radius 3 is 1.79 bits per heavy atom. The predicted octanol–water partition coefficient (Wildman–Crippen LogP) is 8.90. The van der Waals surface area contributed by atoms with Crippen molar-refractivity contribution in [3.63, 3.8) is 0 Å². The van der Waals surface area contributed by atoms with Crippen molar-refractivity contribution in [1.29, 1.82) is 0 Å². The Hall–Kier alpha value is -3.33. The molecule has 0 bridgehead atoms. The summed E-state index contributed by atoms with van der Waals surface area (Å²) in [5.41, 5.74) is 5.04. The standard InChI is InChI=1S/C31H20S2/c1-2-11-21(12-3-1)31(24-15-5-8-19-28(24)32-29-20-9-6-16-25(29)31)26-17-10-14-23-22-13-4-7-18-27(22)33-30(23)26/h1-20H. The van der Waals surface area contributed by atoms with E-state index >= 15 is 0 Å². The molecule has 6 aromatic rings. The first-order valence-electron chi connectivity index (χ1n) is 11.2. The predicted molar refractivity (Wildman–Crippen MR) is 142 cm³/mol. The molecule has 0 saturated carbocycles. The van der Waals surface area contributed by atoms with E-state index in [4.69, 9.17) is 0 Å². The molecule has 33 heavy (non-hydrogen) atoms. The van der Waals surface area contributed by atoms with E-state index in [1.54, 1.807) is 0 Å². The van der Waals surface area contributed by atoms with Crippen LogP contribution in [0.1, 0.15) is 22.3 Å². The molecule has 7 rings (SSSR count). The maximum Gasteiger partial charge on any atom is 0.0737 e. The zero-order valence-electron chi connectivity index (χ0n) is 17.9. The van der Waals surface area contributed by atoms with Gasteiger partial charge in [-0.25, -0.2) is 0 Å². The van der Waals surface area contributed by atoms with Crippen molar-refractivity contribution in [3.05, 3.63) is 144 Å². The lowest BCUT2D eigenvalue weighted by atomic mass is 9.64. The first kappa shape index (κ1) is 19.2. The average Bonchev–Trinajstić information content (AvgIpc) is 3.27. The zero-order valence-corrected chi connectivity index (χ0v) is 19.5. The van der Waals surface area contributed by atoms with Crippen molar-refractivity contribution in [2.45, 2.75) is 15.2 Å². The topological polar surface area (TPSA) is 0 Å². The van der Waals surface area contributed by atoms with Gasteiger partial charge in [-0.15, -0.1) is 11.3 Å². The quantitative estimate of drug-likeness (QED) is 0.250. The van der Waals surface area contributed by atoms with Crippen LogP contribution < -0.4 is 0 Å². The van der Waals surface area contributed by atoms with Crippen LogP contribution in [0.4, 0.5) is 0 Å². The monoisotopic (exact) mass is 456 g/mol. The summed E-state index contributed by atoms with van der Waals surface area (Å²) >= 11 is 3.81. The summed E-state index contributed by atoms with van der Waals surface area (Å²) in [7, 11) is 0. The van der Waals surface area contributed by atoms with Gasteiger partial charge in [-0.2, -0.15) is 0 Å². The molecule has 0 spiro atoms. The molecule has 0 unspecified atom stereocenters. The largest absolute Gasteiger partial charge is 0.135 e. The average molecular weight is 457 g/mol. The zero-order chi connectivity index (χ0) is 21.8. The summed E-state index contributed by atoms with van der Waals surface area (Å²) in [6.45, 7) is 0. The van der Waals surface area contributed by atoms with Gasteiger partial charge in [0.15, 0.2) is 0 Å². The molecular weight excluding hydrogens is 436 g/mol. The van der Waals surface area contributed by atoms with Crippen molar-refractivity contribution < 1.29 is 0 Å². The van der Waals surface area contributed by atoms with E-state index in [1.165, 1.54) is 52.2 Å². The second-order valence-corrected chi connectivity index (χ2v) is 10.6.